The van der Waals surface area contributed by atoms with Crippen LogP contribution in [0.3, 0.4) is 0 Å². The lowest BCUT2D eigenvalue weighted by Crippen LogP contribution is -2.16. The normalized spacial score (nSPS) is 12.3. The summed E-state index contributed by atoms with van der Waals surface area (Å²) in [6.45, 7) is 4.11. The molecule has 0 radical (unpaired) electrons. The number of carboxylic acid groups (broad SMARTS) is 1. The molecule has 0 amide bonds. The summed E-state index contributed by atoms with van der Waals surface area (Å²) in [6.07, 6.45) is 0.950. The van der Waals surface area contributed by atoms with Crippen LogP contribution in [-0.2, 0) is 0 Å². The van der Waals surface area contributed by atoms with Gasteiger partial charge < -0.3 is 10.4 Å². The molecule has 0 aliphatic heterocycles. The summed E-state index contributed by atoms with van der Waals surface area (Å²) >= 11 is 0. The minimum Gasteiger partial charge on any atom is -0.478 e. The van der Waals surface area contributed by atoms with Crippen molar-refractivity contribution in [3.63, 3.8) is 0 Å². The minimum atomic E-state index is -0.891. The van der Waals surface area contributed by atoms with E-state index < -0.39 is 5.97 Å². The van der Waals surface area contributed by atoms with E-state index in [1.807, 2.05) is 43.3 Å². The molecule has 0 heterocycles. The molecule has 3 heteroatoms. The number of nitrogens with one attached hydrogen (secondary N) is 1. The number of carboxylic acids is 1. The van der Waals surface area contributed by atoms with Crippen molar-refractivity contribution in [3.8, 4) is 0 Å². The van der Waals surface area contributed by atoms with Gasteiger partial charge in [0.05, 0.1) is 5.56 Å². The SMILES string of the molecule is CCC(C)Nc1ccc2ccccc2c1C(=O)O. The first-order valence-electron chi connectivity index (χ1n) is 6.15. The molecule has 0 bridgehead atoms. The van der Waals surface area contributed by atoms with Crippen molar-refractivity contribution >= 4 is 22.4 Å². The first kappa shape index (κ1) is 12.4. The highest BCUT2D eigenvalue weighted by atomic mass is 16.4. The van der Waals surface area contributed by atoms with Crippen LogP contribution >= 0.6 is 0 Å². The van der Waals surface area contributed by atoms with Crippen LogP contribution in [0.15, 0.2) is 36.4 Å². The predicted octanol–water partition coefficient (Wildman–Crippen LogP) is 3.75. The Kier molecular flexibility index (Phi) is 3.51. The van der Waals surface area contributed by atoms with Crippen LogP contribution in [0.25, 0.3) is 10.8 Å². The highest BCUT2D eigenvalue weighted by Crippen LogP contribution is 2.27. The molecular weight excluding hydrogens is 226 g/mol. The van der Waals surface area contributed by atoms with Crippen molar-refractivity contribution in [2.75, 3.05) is 5.32 Å². The highest BCUT2D eigenvalue weighted by Gasteiger charge is 2.15. The fraction of sp³-hybridized carbons (Fsp3) is 0.267. The van der Waals surface area contributed by atoms with Crippen molar-refractivity contribution in [3.05, 3.63) is 42.0 Å². The van der Waals surface area contributed by atoms with Crippen LogP contribution in [0.4, 0.5) is 5.69 Å². The maximum atomic E-state index is 11.5. The fourth-order valence-electron chi connectivity index (χ4n) is 1.99. The van der Waals surface area contributed by atoms with Crippen LogP contribution in [0.1, 0.15) is 30.6 Å². The third-order valence-electron chi connectivity index (χ3n) is 3.16. The molecule has 2 N–H and O–H groups in total. The zero-order chi connectivity index (χ0) is 13.1. The van der Waals surface area contributed by atoms with Gasteiger partial charge in [0.2, 0.25) is 0 Å². The first-order valence-corrected chi connectivity index (χ1v) is 6.15. The van der Waals surface area contributed by atoms with E-state index in [1.54, 1.807) is 0 Å². The minimum absolute atomic E-state index is 0.254. The van der Waals surface area contributed by atoms with Crippen molar-refractivity contribution in [2.24, 2.45) is 0 Å². The second kappa shape index (κ2) is 5.08. The third-order valence-corrected chi connectivity index (χ3v) is 3.16. The van der Waals surface area contributed by atoms with Gasteiger partial charge in [0.1, 0.15) is 0 Å². The maximum Gasteiger partial charge on any atom is 0.338 e. The number of aromatic carboxylic acids is 1. The molecule has 1 unspecified atom stereocenters. The Balaban J connectivity index is 2.59. The van der Waals surface area contributed by atoms with Crippen LogP contribution in [0.2, 0.25) is 0 Å². The lowest BCUT2D eigenvalue weighted by molar-refractivity contribution is 0.0700. The number of fused-ring (bicyclic) bond motifs is 1. The molecule has 0 aliphatic rings. The predicted molar refractivity (Wildman–Crippen MR) is 74.3 cm³/mol. The quantitative estimate of drug-likeness (QED) is 0.859. The van der Waals surface area contributed by atoms with Crippen molar-refractivity contribution in [1.82, 2.24) is 0 Å². The summed E-state index contributed by atoms with van der Waals surface area (Å²) in [5.41, 5.74) is 1.05. The van der Waals surface area contributed by atoms with E-state index in [-0.39, 0.29) is 6.04 Å². The lowest BCUT2D eigenvalue weighted by atomic mass is 10.0. The standard InChI is InChI=1S/C15H17NO2/c1-3-10(2)16-13-9-8-11-6-4-5-7-12(11)14(13)15(17)18/h4-10,16H,3H2,1-2H3,(H,17,18). The molecule has 0 saturated carbocycles. The maximum absolute atomic E-state index is 11.5. The Hall–Kier alpha value is -2.03. The molecule has 0 fully saturated rings. The van der Waals surface area contributed by atoms with Gasteiger partial charge in [0, 0.05) is 11.7 Å². The Morgan fingerprint density at radius 1 is 1.28 bits per heavy atom. The van der Waals surface area contributed by atoms with Gasteiger partial charge >= 0.3 is 5.97 Å². The summed E-state index contributed by atoms with van der Waals surface area (Å²) in [5, 5.41) is 14.4. The third kappa shape index (κ3) is 2.30. The fourth-order valence-corrected chi connectivity index (χ4v) is 1.99. The van der Waals surface area contributed by atoms with Gasteiger partial charge in [-0.05, 0) is 30.2 Å². The Morgan fingerprint density at radius 2 is 2.00 bits per heavy atom. The molecule has 94 valence electrons. The molecule has 2 aromatic rings. The van der Waals surface area contributed by atoms with E-state index in [0.29, 0.717) is 11.3 Å². The second-order valence-electron chi connectivity index (χ2n) is 4.47. The van der Waals surface area contributed by atoms with E-state index in [1.165, 1.54) is 0 Å². The molecule has 18 heavy (non-hydrogen) atoms. The largest absolute Gasteiger partial charge is 0.478 e. The van der Waals surface area contributed by atoms with Gasteiger partial charge in [-0.25, -0.2) is 4.79 Å². The Morgan fingerprint density at radius 3 is 2.67 bits per heavy atom. The summed E-state index contributed by atoms with van der Waals surface area (Å²) < 4.78 is 0. The summed E-state index contributed by atoms with van der Waals surface area (Å²) in [6, 6.07) is 11.6. The monoisotopic (exact) mass is 243 g/mol. The van der Waals surface area contributed by atoms with Gasteiger partial charge in [-0.2, -0.15) is 0 Å². The van der Waals surface area contributed by atoms with Gasteiger partial charge in [0.15, 0.2) is 0 Å². The summed E-state index contributed by atoms with van der Waals surface area (Å²) in [7, 11) is 0. The number of benzene rings is 2. The van der Waals surface area contributed by atoms with E-state index in [0.717, 1.165) is 17.2 Å². The van der Waals surface area contributed by atoms with Gasteiger partial charge in [-0.15, -0.1) is 0 Å². The molecule has 0 aliphatic carbocycles. The van der Waals surface area contributed by atoms with Gasteiger partial charge in [0.25, 0.3) is 0 Å². The second-order valence-corrected chi connectivity index (χ2v) is 4.47. The molecular formula is C15H17NO2. The van der Waals surface area contributed by atoms with E-state index in [4.69, 9.17) is 0 Å². The van der Waals surface area contributed by atoms with E-state index in [2.05, 4.69) is 12.2 Å². The number of anilines is 1. The van der Waals surface area contributed by atoms with Crippen LogP contribution in [-0.4, -0.2) is 17.1 Å². The number of rotatable bonds is 4. The average molecular weight is 243 g/mol. The Labute approximate surface area is 106 Å². The molecule has 0 saturated heterocycles. The smallest absolute Gasteiger partial charge is 0.338 e. The van der Waals surface area contributed by atoms with Gasteiger partial charge in [-0.3, -0.25) is 0 Å². The lowest BCUT2D eigenvalue weighted by Gasteiger charge is -2.16. The van der Waals surface area contributed by atoms with Crippen molar-refractivity contribution in [1.29, 1.82) is 0 Å². The Bertz CT molecular complexity index is 578. The van der Waals surface area contributed by atoms with E-state index in [9.17, 15) is 9.90 Å². The average Bonchev–Trinajstić information content (AvgIpc) is 2.37. The first-order chi connectivity index (χ1) is 8.63. The molecule has 3 nitrogen and oxygen atoms in total. The zero-order valence-electron chi connectivity index (χ0n) is 10.6. The van der Waals surface area contributed by atoms with Gasteiger partial charge in [-0.1, -0.05) is 37.3 Å². The van der Waals surface area contributed by atoms with Crippen molar-refractivity contribution < 1.29 is 9.90 Å². The van der Waals surface area contributed by atoms with Crippen LogP contribution in [0, 0.1) is 0 Å². The molecule has 1 atom stereocenters. The summed E-state index contributed by atoms with van der Waals surface area (Å²) in [4.78, 5) is 11.5. The number of carbonyl (C=O) groups is 1. The zero-order valence-corrected chi connectivity index (χ0v) is 10.6. The molecule has 2 rings (SSSR count). The molecule has 0 spiro atoms. The topological polar surface area (TPSA) is 49.3 Å². The van der Waals surface area contributed by atoms with E-state index >= 15 is 0 Å². The molecule has 0 aromatic heterocycles. The highest BCUT2D eigenvalue weighted by molar-refractivity contribution is 6.08. The van der Waals surface area contributed by atoms with Crippen LogP contribution < -0.4 is 5.32 Å². The molecule has 2 aromatic carbocycles. The van der Waals surface area contributed by atoms with Crippen molar-refractivity contribution in [2.45, 2.75) is 26.3 Å². The number of hydrogen-bond donors (Lipinski definition) is 2. The van der Waals surface area contributed by atoms with Crippen LogP contribution in [0.5, 0.6) is 0 Å². The number of hydrogen-bond acceptors (Lipinski definition) is 2. The summed E-state index contributed by atoms with van der Waals surface area (Å²) in [5.74, 6) is -0.891.